The predicted octanol–water partition coefficient (Wildman–Crippen LogP) is 5.83. The molecule has 2 aromatic carbocycles. The Kier molecular flexibility index (Phi) is 3.95. The molecule has 0 bridgehead atoms. The standard InChI is InChI=1S/C14H8BrCl3N2/c15-10-3-1-8(17)5-12(10)20-13-6-9(18)2-4-11(13)19-14(20)7-16/h1-6H,7H2. The zero-order valence-electron chi connectivity index (χ0n) is 10.1. The fourth-order valence-electron chi connectivity index (χ4n) is 2.11. The average Bonchev–Trinajstić information content (AvgIpc) is 2.79. The number of imidazole rings is 1. The van der Waals surface area contributed by atoms with E-state index in [9.17, 15) is 0 Å². The number of fused-ring (bicyclic) bond motifs is 1. The minimum Gasteiger partial charge on any atom is -0.294 e. The normalized spacial score (nSPS) is 11.2. The molecule has 102 valence electrons. The Labute approximate surface area is 139 Å². The topological polar surface area (TPSA) is 17.8 Å². The van der Waals surface area contributed by atoms with Gasteiger partial charge in [-0.15, -0.1) is 11.6 Å². The number of benzene rings is 2. The summed E-state index contributed by atoms with van der Waals surface area (Å²) < 4.78 is 2.87. The third kappa shape index (κ3) is 2.44. The third-order valence-electron chi connectivity index (χ3n) is 2.95. The highest BCUT2D eigenvalue weighted by molar-refractivity contribution is 9.10. The van der Waals surface area contributed by atoms with Crippen LogP contribution in [-0.2, 0) is 5.88 Å². The first-order valence-electron chi connectivity index (χ1n) is 5.78. The van der Waals surface area contributed by atoms with Crippen LogP contribution in [0.2, 0.25) is 10.0 Å². The third-order valence-corrected chi connectivity index (χ3v) is 4.33. The summed E-state index contributed by atoms with van der Waals surface area (Å²) in [6.07, 6.45) is 0. The van der Waals surface area contributed by atoms with Gasteiger partial charge in [-0.3, -0.25) is 4.57 Å². The maximum Gasteiger partial charge on any atom is 0.129 e. The molecule has 1 aromatic heterocycles. The Bertz CT molecular complexity index is 798. The van der Waals surface area contributed by atoms with Crippen molar-refractivity contribution in [2.24, 2.45) is 0 Å². The molecule has 0 aliphatic heterocycles. The molecule has 0 saturated heterocycles. The molecule has 0 fully saturated rings. The van der Waals surface area contributed by atoms with Crippen LogP contribution < -0.4 is 0 Å². The fraction of sp³-hybridized carbons (Fsp3) is 0.0714. The lowest BCUT2D eigenvalue weighted by atomic mass is 10.2. The van der Waals surface area contributed by atoms with Gasteiger partial charge in [-0.2, -0.15) is 0 Å². The van der Waals surface area contributed by atoms with Crippen molar-refractivity contribution in [2.45, 2.75) is 5.88 Å². The van der Waals surface area contributed by atoms with E-state index < -0.39 is 0 Å². The van der Waals surface area contributed by atoms with Crippen molar-refractivity contribution in [1.29, 1.82) is 0 Å². The molecule has 0 atom stereocenters. The van der Waals surface area contributed by atoms with Crippen LogP contribution in [0.15, 0.2) is 40.9 Å². The van der Waals surface area contributed by atoms with E-state index in [1.165, 1.54) is 0 Å². The second kappa shape index (κ2) is 5.57. The molecule has 0 amide bonds. The van der Waals surface area contributed by atoms with Crippen LogP contribution in [0.5, 0.6) is 0 Å². The van der Waals surface area contributed by atoms with E-state index in [-0.39, 0.29) is 0 Å². The highest BCUT2D eigenvalue weighted by Crippen LogP contribution is 2.31. The summed E-state index contributed by atoms with van der Waals surface area (Å²) in [4.78, 5) is 4.53. The average molecular weight is 390 g/mol. The van der Waals surface area contributed by atoms with Crippen LogP contribution >= 0.6 is 50.7 Å². The van der Waals surface area contributed by atoms with Gasteiger partial charge < -0.3 is 0 Å². The molecule has 20 heavy (non-hydrogen) atoms. The summed E-state index contributed by atoms with van der Waals surface area (Å²) in [5.74, 6) is 1.04. The molecule has 3 aromatic rings. The van der Waals surface area contributed by atoms with Gasteiger partial charge in [-0.1, -0.05) is 23.2 Å². The number of alkyl halides is 1. The first kappa shape index (κ1) is 14.2. The summed E-state index contributed by atoms with van der Waals surface area (Å²) in [7, 11) is 0. The molecule has 0 N–H and O–H groups in total. The van der Waals surface area contributed by atoms with E-state index in [2.05, 4.69) is 20.9 Å². The van der Waals surface area contributed by atoms with Crippen molar-refractivity contribution in [3.8, 4) is 5.69 Å². The summed E-state index contributed by atoms with van der Waals surface area (Å²) in [5.41, 5.74) is 2.63. The van der Waals surface area contributed by atoms with Gasteiger partial charge in [0.1, 0.15) is 5.82 Å². The minimum atomic E-state index is 0.297. The number of hydrogen-bond donors (Lipinski definition) is 0. The molecule has 0 radical (unpaired) electrons. The van der Waals surface area contributed by atoms with Crippen molar-refractivity contribution < 1.29 is 0 Å². The Balaban J connectivity index is 2.39. The molecule has 0 spiro atoms. The SMILES string of the molecule is ClCc1nc2ccc(Cl)cc2n1-c1cc(Cl)ccc1Br. The maximum absolute atomic E-state index is 6.10. The molecule has 0 unspecified atom stereocenters. The van der Waals surface area contributed by atoms with Gasteiger partial charge in [-0.05, 0) is 52.3 Å². The second-order valence-electron chi connectivity index (χ2n) is 4.23. The lowest BCUT2D eigenvalue weighted by Gasteiger charge is -2.10. The van der Waals surface area contributed by atoms with Crippen LogP contribution in [-0.4, -0.2) is 9.55 Å². The molecular weight excluding hydrogens is 382 g/mol. The van der Waals surface area contributed by atoms with Crippen molar-refractivity contribution >= 4 is 61.8 Å². The van der Waals surface area contributed by atoms with Crippen molar-refractivity contribution in [1.82, 2.24) is 9.55 Å². The predicted molar refractivity (Wildman–Crippen MR) is 88.3 cm³/mol. The molecule has 0 saturated carbocycles. The van der Waals surface area contributed by atoms with Gasteiger partial charge in [-0.25, -0.2) is 4.98 Å². The Hall–Kier alpha value is -0.740. The number of nitrogens with zero attached hydrogens (tertiary/aromatic N) is 2. The van der Waals surface area contributed by atoms with Gasteiger partial charge in [0.2, 0.25) is 0 Å². The van der Waals surface area contributed by atoms with Gasteiger partial charge in [0.25, 0.3) is 0 Å². The zero-order chi connectivity index (χ0) is 14.3. The number of aromatic nitrogens is 2. The fourth-order valence-corrected chi connectivity index (χ4v) is 3.05. The molecule has 1 heterocycles. The summed E-state index contributed by atoms with van der Waals surface area (Å²) in [6.45, 7) is 0. The Morgan fingerprint density at radius 1 is 1.05 bits per heavy atom. The smallest absolute Gasteiger partial charge is 0.129 e. The Morgan fingerprint density at radius 2 is 1.75 bits per heavy atom. The van der Waals surface area contributed by atoms with E-state index >= 15 is 0 Å². The van der Waals surface area contributed by atoms with Crippen LogP contribution in [0, 0.1) is 0 Å². The van der Waals surface area contributed by atoms with Gasteiger partial charge in [0, 0.05) is 14.5 Å². The maximum atomic E-state index is 6.10. The molecule has 2 nitrogen and oxygen atoms in total. The summed E-state index contributed by atoms with van der Waals surface area (Å²) in [5, 5.41) is 1.30. The van der Waals surface area contributed by atoms with E-state index in [1.807, 2.05) is 41.0 Å². The molecular formula is C14H8BrCl3N2. The van der Waals surface area contributed by atoms with E-state index in [0.29, 0.717) is 15.9 Å². The van der Waals surface area contributed by atoms with E-state index in [0.717, 1.165) is 27.0 Å². The first-order chi connectivity index (χ1) is 9.60. The van der Waals surface area contributed by atoms with E-state index in [4.69, 9.17) is 34.8 Å². The highest BCUT2D eigenvalue weighted by Gasteiger charge is 2.14. The number of halogens is 4. The van der Waals surface area contributed by atoms with Crippen LogP contribution in [0.4, 0.5) is 0 Å². The molecule has 0 aliphatic rings. The zero-order valence-corrected chi connectivity index (χ0v) is 13.9. The molecule has 0 aliphatic carbocycles. The second-order valence-corrected chi connectivity index (χ2v) is 6.22. The molecule has 6 heteroatoms. The highest BCUT2D eigenvalue weighted by atomic mass is 79.9. The minimum absolute atomic E-state index is 0.297. The lowest BCUT2D eigenvalue weighted by molar-refractivity contribution is 0.977. The Morgan fingerprint density at radius 3 is 2.50 bits per heavy atom. The summed E-state index contributed by atoms with van der Waals surface area (Å²) in [6, 6.07) is 11.1. The number of rotatable bonds is 2. The van der Waals surface area contributed by atoms with Crippen molar-refractivity contribution in [2.75, 3.05) is 0 Å². The quantitative estimate of drug-likeness (QED) is 0.503. The van der Waals surface area contributed by atoms with Gasteiger partial charge in [0.15, 0.2) is 0 Å². The first-order valence-corrected chi connectivity index (χ1v) is 7.87. The van der Waals surface area contributed by atoms with Crippen LogP contribution in [0.3, 0.4) is 0 Å². The number of hydrogen-bond acceptors (Lipinski definition) is 1. The van der Waals surface area contributed by atoms with Gasteiger partial charge >= 0.3 is 0 Å². The van der Waals surface area contributed by atoms with Crippen molar-refractivity contribution in [3.63, 3.8) is 0 Å². The largest absolute Gasteiger partial charge is 0.294 e. The molecule has 3 rings (SSSR count). The lowest BCUT2D eigenvalue weighted by Crippen LogP contribution is -2.00. The van der Waals surface area contributed by atoms with E-state index in [1.54, 1.807) is 0 Å². The van der Waals surface area contributed by atoms with Gasteiger partial charge in [0.05, 0.1) is 22.6 Å². The van der Waals surface area contributed by atoms with Crippen molar-refractivity contribution in [3.05, 3.63) is 56.7 Å². The monoisotopic (exact) mass is 388 g/mol. The summed E-state index contributed by atoms with van der Waals surface area (Å²) >= 11 is 21.7. The van der Waals surface area contributed by atoms with Crippen LogP contribution in [0.25, 0.3) is 16.7 Å². The van der Waals surface area contributed by atoms with Crippen LogP contribution in [0.1, 0.15) is 5.82 Å².